The van der Waals surface area contributed by atoms with Crippen molar-refractivity contribution in [3.8, 4) is 5.75 Å². The van der Waals surface area contributed by atoms with E-state index in [2.05, 4.69) is 31.3 Å². The Labute approximate surface area is 136 Å². The van der Waals surface area contributed by atoms with Gasteiger partial charge in [-0.05, 0) is 55.8 Å². The lowest BCUT2D eigenvalue weighted by Crippen LogP contribution is -2.06. The van der Waals surface area contributed by atoms with E-state index in [1.54, 1.807) is 12.1 Å². The fraction of sp³-hybridized carbons (Fsp3) is 0.294. The minimum absolute atomic E-state index is 0.409. The van der Waals surface area contributed by atoms with Crippen LogP contribution < -0.4 is 10.1 Å². The van der Waals surface area contributed by atoms with Crippen molar-refractivity contribution in [3.05, 3.63) is 62.6 Å². The van der Waals surface area contributed by atoms with E-state index >= 15 is 0 Å². The molecule has 0 amide bonds. The number of benzene rings is 2. The molecule has 0 aliphatic carbocycles. The molecule has 21 heavy (non-hydrogen) atoms. The molecule has 0 bridgehead atoms. The smallest absolute Gasteiger partial charge is 0.125 e. The third-order valence-electron chi connectivity index (χ3n) is 3.28. The van der Waals surface area contributed by atoms with E-state index < -0.39 is 0 Å². The molecule has 0 unspecified atom stereocenters. The number of nitrogens with one attached hydrogen (secondary N) is 1. The minimum Gasteiger partial charge on any atom is -0.488 e. The highest BCUT2D eigenvalue weighted by Crippen LogP contribution is 2.27. The average Bonchev–Trinajstić information content (AvgIpc) is 2.42. The highest BCUT2D eigenvalue weighted by Gasteiger charge is 2.08. The van der Waals surface area contributed by atoms with E-state index in [-0.39, 0.29) is 0 Å². The van der Waals surface area contributed by atoms with Crippen molar-refractivity contribution in [1.82, 2.24) is 5.32 Å². The molecule has 0 aromatic heterocycles. The SMILES string of the molecule is CNCc1cc(C)c(OCc2cc(Cl)ccc2Cl)c(C)c1. The Morgan fingerprint density at radius 3 is 2.33 bits per heavy atom. The van der Waals surface area contributed by atoms with Crippen molar-refractivity contribution in [2.45, 2.75) is 27.0 Å². The molecule has 0 atom stereocenters. The second-order valence-corrected chi connectivity index (χ2v) is 5.96. The molecule has 4 heteroatoms. The van der Waals surface area contributed by atoms with Crippen LogP contribution in [0.2, 0.25) is 10.0 Å². The van der Waals surface area contributed by atoms with Gasteiger partial charge in [-0.15, -0.1) is 0 Å². The Morgan fingerprint density at radius 2 is 1.71 bits per heavy atom. The number of ether oxygens (including phenoxy) is 1. The van der Waals surface area contributed by atoms with Crippen LogP contribution >= 0.6 is 23.2 Å². The highest BCUT2D eigenvalue weighted by atomic mass is 35.5. The van der Waals surface area contributed by atoms with Gasteiger partial charge >= 0.3 is 0 Å². The van der Waals surface area contributed by atoms with Crippen LogP contribution in [0.25, 0.3) is 0 Å². The average molecular weight is 324 g/mol. The zero-order valence-electron chi connectivity index (χ0n) is 12.5. The first kappa shape index (κ1) is 16.2. The summed E-state index contributed by atoms with van der Waals surface area (Å²) in [5, 5.41) is 4.49. The van der Waals surface area contributed by atoms with Gasteiger partial charge in [0.15, 0.2) is 0 Å². The molecule has 1 N–H and O–H groups in total. The van der Waals surface area contributed by atoms with Crippen LogP contribution in [0.1, 0.15) is 22.3 Å². The van der Waals surface area contributed by atoms with Crippen molar-refractivity contribution in [2.24, 2.45) is 0 Å². The first-order chi connectivity index (χ1) is 10.0. The summed E-state index contributed by atoms with van der Waals surface area (Å²) in [6.07, 6.45) is 0. The number of halogens is 2. The number of aryl methyl sites for hydroxylation is 2. The topological polar surface area (TPSA) is 21.3 Å². The fourth-order valence-electron chi connectivity index (χ4n) is 2.38. The van der Waals surface area contributed by atoms with E-state index in [9.17, 15) is 0 Å². The molecule has 0 heterocycles. The molecule has 2 rings (SSSR count). The molecular weight excluding hydrogens is 305 g/mol. The van der Waals surface area contributed by atoms with Gasteiger partial charge in [-0.1, -0.05) is 35.3 Å². The number of rotatable bonds is 5. The molecule has 0 aliphatic rings. The van der Waals surface area contributed by atoms with Crippen LogP contribution in [-0.4, -0.2) is 7.05 Å². The van der Waals surface area contributed by atoms with Gasteiger partial charge in [-0.3, -0.25) is 0 Å². The van der Waals surface area contributed by atoms with E-state index in [0.717, 1.165) is 29.0 Å². The fourth-order valence-corrected chi connectivity index (χ4v) is 2.74. The molecule has 2 aromatic carbocycles. The Bertz CT molecular complexity index is 618. The molecule has 112 valence electrons. The van der Waals surface area contributed by atoms with Gasteiger partial charge in [0.2, 0.25) is 0 Å². The van der Waals surface area contributed by atoms with Crippen LogP contribution in [0.15, 0.2) is 30.3 Å². The van der Waals surface area contributed by atoms with Crippen molar-refractivity contribution >= 4 is 23.2 Å². The van der Waals surface area contributed by atoms with Gasteiger partial charge in [-0.2, -0.15) is 0 Å². The largest absolute Gasteiger partial charge is 0.488 e. The maximum Gasteiger partial charge on any atom is 0.125 e. The van der Waals surface area contributed by atoms with Crippen LogP contribution in [0.4, 0.5) is 0 Å². The summed E-state index contributed by atoms with van der Waals surface area (Å²) in [4.78, 5) is 0. The van der Waals surface area contributed by atoms with Crippen LogP contribution in [0.3, 0.4) is 0 Å². The summed E-state index contributed by atoms with van der Waals surface area (Å²) in [7, 11) is 1.94. The van der Waals surface area contributed by atoms with Crippen molar-refractivity contribution in [1.29, 1.82) is 0 Å². The first-order valence-corrected chi connectivity index (χ1v) is 7.58. The van der Waals surface area contributed by atoms with Crippen LogP contribution in [-0.2, 0) is 13.2 Å². The zero-order chi connectivity index (χ0) is 15.4. The van der Waals surface area contributed by atoms with Gasteiger partial charge in [0.05, 0.1) is 0 Å². The van der Waals surface area contributed by atoms with E-state index in [1.807, 2.05) is 13.1 Å². The third-order valence-corrected chi connectivity index (χ3v) is 3.88. The normalized spacial score (nSPS) is 10.7. The van der Waals surface area contributed by atoms with Crippen molar-refractivity contribution in [2.75, 3.05) is 7.05 Å². The summed E-state index contributed by atoms with van der Waals surface area (Å²) in [5.74, 6) is 0.908. The van der Waals surface area contributed by atoms with Gasteiger partial charge in [0.25, 0.3) is 0 Å². The van der Waals surface area contributed by atoms with Gasteiger partial charge < -0.3 is 10.1 Å². The lowest BCUT2D eigenvalue weighted by Gasteiger charge is -2.15. The van der Waals surface area contributed by atoms with Gasteiger partial charge in [0.1, 0.15) is 12.4 Å². The number of hydrogen-bond donors (Lipinski definition) is 1. The molecule has 0 saturated heterocycles. The molecular formula is C17H19Cl2NO. The minimum atomic E-state index is 0.409. The molecule has 0 fully saturated rings. The molecule has 0 aliphatic heterocycles. The summed E-state index contributed by atoms with van der Waals surface area (Å²) in [6, 6.07) is 9.68. The molecule has 0 spiro atoms. The van der Waals surface area contributed by atoms with Crippen molar-refractivity contribution in [3.63, 3.8) is 0 Å². The zero-order valence-corrected chi connectivity index (χ0v) is 14.0. The first-order valence-electron chi connectivity index (χ1n) is 6.82. The highest BCUT2D eigenvalue weighted by molar-refractivity contribution is 6.33. The summed E-state index contributed by atoms with van der Waals surface area (Å²) < 4.78 is 5.96. The predicted octanol–water partition coefficient (Wildman–Crippen LogP) is 4.91. The lowest BCUT2D eigenvalue weighted by molar-refractivity contribution is 0.302. The van der Waals surface area contributed by atoms with Crippen LogP contribution in [0, 0.1) is 13.8 Å². The van der Waals surface area contributed by atoms with E-state index in [4.69, 9.17) is 27.9 Å². The summed E-state index contributed by atoms with van der Waals surface area (Å²) in [5.41, 5.74) is 4.39. The van der Waals surface area contributed by atoms with E-state index in [0.29, 0.717) is 16.7 Å². The summed E-state index contributed by atoms with van der Waals surface area (Å²) in [6.45, 7) is 5.37. The predicted molar refractivity (Wildman–Crippen MR) is 89.5 cm³/mol. The Morgan fingerprint density at radius 1 is 1.05 bits per heavy atom. The van der Waals surface area contributed by atoms with Crippen molar-refractivity contribution < 1.29 is 4.74 Å². The van der Waals surface area contributed by atoms with E-state index in [1.165, 1.54) is 5.56 Å². The Hall–Kier alpha value is -1.22. The van der Waals surface area contributed by atoms with Gasteiger partial charge in [-0.25, -0.2) is 0 Å². The quantitative estimate of drug-likeness (QED) is 0.844. The second-order valence-electron chi connectivity index (χ2n) is 5.11. The Kier molecular flexibility index (Phi) is 5.51. The monoisotopic (exact) mass is 323 g/mol. The standard InChI is InChI=1S/C17H19Cl2NO/c1-11-6-13(9-20-3)7-12(2)17(11)21-10-14-8-15(18)4-5-16(14)19/h4-8,20H,9-10H2,1-3H3. The molecule has 0 radical (unpaired) electrons. The van der Waals surface area contributed by atoms with Crippen LogP contribution in [0.5, 0.6) is 5.75 Å². The molecule has 2 aromatic rings. The van der Waals surface area contributed by atoms with Gasteiger partial charge in [0, 0.05) is 22.2 Å². The second kappa shape index (κ2) is 7.17. The maximum absolute atomic E-state index is 6.16. The summed E-state index contributed by atoms with van der Waals surface area (Å²) >= 11 is 12.2. The number of hydrogen-bond acceptors (Lipinski definition) is 2. The Balaban J connectivity index is 2.18. The third kappa shape index (κ3) is 4.13. The molecule has 0 saturated carbocycles. The lowest BCUT2D eigenvalue weighted by atomic mass is 10.1. The molecule has 2 nitrogen and oxygen atoms in total. The maximum atomic E-state index is 6.16.